The van der Waals surface area contributed by atoms with Crippen LogP contribution in [0.1, 0.15) is 22.8 Å². The molecule has 0 aliphatic rings. The second kappa shape index (κ2) is 5.96. The average molecular weight is 274 g/mol. The van der Waals surface area contributed by atoms with Crippen molar-refractivity contribution in [2.45, 2.75) is 20.0 Å². The summed E-state index contributed by atoms with van der Waals surface area (Å²) in [5.74, 6) is -0.274. The van der Waals surface area contributed by atoms with Crippen molar-refractivity contribution in [1.29, 1.82) is 0 Å². The molecule has 0 radical (unpaired) electrons. The number of aryl methyl sites for hydroxylation is 1. The van der Waals surface area contributed by atoms with Gasteiger partial charge in [0.05, 0.1) is 11.1 Å². The van der Waals surface area contributed by atoms with E-state index in [0.717, 1.165) is 12.1 Å². The number of carbonyl (C=O) groups is 1. The minimum absolute atomic E-state index is 0.0363. The summed E-state index contributed by atoms with van der Waals surface area (Å²) >= 11 is 0. The van der Waals surface area contributed by atoms with Gasteiger partial charge < -0.3 is 5.32 Å². The van der Waals surface area contributed by atoms with Gasteiger partial charge in [0.1, 0.15) is 0 Å². The van der Waals surface area contributed by atoms with E-state index in [0.29, 0.717) is 12.1 Å². The highest BCUT2D eigenvalue weighted by Crippen LogP contribution is 2.11. The quantitative estimate of drug-likeness (QED) is 0.664. The second-order valence-corrected chi connectivity index (χ2v) is 4.19. The summed E-state index contributed by atoms with van der Waals surface area (Å²) in [6.07, 6.45) is 3.55. The number of nitro benzene ring substituents is 1. The zero-order valence-corrected chi connectivity index (χ0v) is 10.9. The number of rotatable bonds is 5. The third-order valence-corrected chi connectivity index (χ3v) is 2.80. The Labute approximate surface area is 115 Å². The monoisotopic (exact) mass is 274 g/mol. The van der Waals surface area contributed by atoms with Crippen LogP contribution in [0.5, 0.6) is 0 Å². The lowest BCUT2D eigenvalue weighted by Gasteiger charge is -2.03. The molecular weight excluding hydrogens is 260 g/mol. The smallest absolute Gasteiger partial charge is 0.269 e. The maximum atomic E-state index is 11.9. The SMILES string of the molecule is CCn1cc(CNC(=O)c2ccc([N+](=O)[O-])cc2)cn1. The van der Waals surface area contributed by atoms with Crippen LogP contribution < -0.4 is 5.32 Å². The van der Waals surface area contributed by atoms with E-state index in [1.165, 1.54) is 24.3 Å². The van der Waals surface area contributed by atoms with Gasteiger partial charge in [0.15, 0.2) is 0 Å². The van der Waals surface area contributed by atoms with Gasteiger partial charge in [0, 0.05) is 42.5 Å². The maximum Gasteiger partial charge on any atom is 0.269 e. The Morgan fingerprint density at radius 2 is 2.10 bits per heavy atom. The molecule has 0 unspecified atom stereocenters. The number of hydrogen-bond acceptors (Lipinski definition) is 4. The summed E-state index contributed by atoms with van der Waals surface area (Å²) in [7, 11) is 0. The molecular formula is C13H14N4O3. The summed E-state index contributed by atoms with van der Waals surface area (Å²) in [6, 6.07) is 5.49. The lowest BCUT2D eigenvalue weighted by atomic mass is 10.2. The van der Waals surface area contributed by atoms with Gasteiger partial charge in [0.2, 0.25) is 0 Å². The van der Waals surface area contributed by atoms with Crippen molar-refractivity contribution < 1.29 is 9.72 Å². The van der Waals surface area contributed by atoms with E-state index in [9.17, 15) is 14.9 Å². The van der Waals surface area contributed by atoms with Crippen LogP contribution in [-0.2, 0) is 13.1 Å². The number of aromatic nitrogens is 2. The van der Waals surface area contributed by atoms with Crippen molar-refractivity contribution in [3.8, 4) is 0 Å². The van der Waals surface area contributed by atoms with Crippen molar-refractivity contribution in [2.75, 3.05) is 0 Å². The van der Waals surface area contributed by atoms with Crippen LogP contribution >= 0.6 is 0 Å². The molecule has 1 N–H and O–H groups in total. The average Bonchev–Trinajstić information content (AvgIpc) is 2.93. The first-order valence-electron chi connectivity index (χ1n) is 6.14. The van der Waals surface area contributed by atoms with Gasteiger partial charge in [-0.1, -0.05) is 0 Å². The van der Waals surface area contributed by atoms with E-state index < -0.39 is 4.92 Å². The van der Waals surface area contributed by atoms with Gasteiger partial charge in [-0.05, 0) is 19.1 Å². The van der Waals surface area contributed by atoms with Crippen molar-refractivity contribution >= 4 is 11.6 Å². The molecule has 0 spiro atoms. The fourth-order valence-corrected chi connectivity index (χ4v) is 1.69. The summed E-state index contributed by atoms with van der Waals surface area (Å²) < 4.78 is 1.77. The van der Waals surface area contributed by atoms with Crippen LogP contribution in [0.15, 0.2) is 36.7 Å². The van der Waals surface area contributed by atoms with Crippen molar-refractivity contribution in [3.05, 3.63) is 57.9 Å². The molecule has 2 aromatic rings. The Bertz CT molecular complexity index is 619. The van der Waals surface area contributed by atoms with Crippen LogP contribution in [0.4, 0.5) is 5.69 Å². The molecule has 2 rings (SSSR count). The van der Waals surface area contributed by atoms with E-state index >= 15 is 0 Å². The molecule has 0 atom stereocenters. The molecule has 0 saturated carbocycles. The fourth-order valence-electron chi connectivity index (χ4n) is 1.69. The van der Waals surface area contributed by atoms with E-state index in [1.54, 1.807) is 10.9 Å². The third kappa shape index (κ3) is 3.19. The van der Waals surface area contributed by atoms with Crippen molar-refractivity contribution in [3.63, 3.8) is 0 Å². The Kier molecular flexibility index (Phi) is 4.09. The first-order chi connectivity index (χ1) is 9.60. The lowest BCUT2D eigenvalue weighted by Crippen LogP contribution is -2.22. The molecule has 0 saturated heterocycles. The number of hydrogen-bond donors (Lipinski definition) is 1. The van der Waals surface area contributed by atoms with Gasteiger partial charge in [-0.15, -0.1) is 0 Å². The molecule has 0 bridgehead atoms. The molecule has 1 aromatic carbocycles. The Hall–Kier alpha value is -2.70. The zero-order valence-electron chi connectivity index (χ0n) is 10.9. The minimum Gasteiger partial charge on any atom is -0.348 e. The summed E-state index contributed by atoms with van der Waals surface area (Å²) in [4.78, 5) is 21.9. The standard InChI is InChI=1S/C13H14N4O3/c1-2-16-9-10(8-15-16)7-14-13(18)11-3-5-12(6-4-11)17(19)20/h3-6,8-9H,2,7H2,1H3,(H,14,18). The Balaban J connectivity index is 1.96. The number of nitrogens with zero attached hydrogens (tertiary/aromatic N) is 3. The number of nitro groups is 1. The van der Waals surface area contributed by atoms with Gasteiger partial charge in [-0.2, -0.15) is 5.10 Å². The number of nitrogens with one attached hydrogen (secondary N) is 1. The van der Waals surface area contributed by atoms with Gasteiger partial charge in [-0.3, -0.25) is 19.6 Å². The number of carbonyl (C=O) groups excluding carboxylic acids is 1. The number of benzene rings is 1. The molecule has 0 aliphatic heterocycles. The third-order valence-electron chi connectivity index (χ3n) is 2.80. The molecule has 0 aliphatic carbocycles. The maximum absolute atomic E-state index is 11.9. The van der Waals surface area contributed by atoms with Crippen LogP contribution in [-0.4, -0.2) is 20.6 Å². The molecule has 0 fully saturated rings. The molecule has 104 valence electrons. The van der Waals surface area contributed by atoms with Crippen molar-refractivity contribution in [2.24, 2.45) is 0 Å². The Morgan fingerprint density at radius 1 is 1.40 bits per heavy atom. The highest BCUT2D eigenvalue weighted by Gasteiger charge is 2.09. The summed E-state index contributed by atoms with van der Waals surface area (Å²) in [5.41, 5.74) is 1.26. The van der Waals surface area contributed by atoms with Gasteiger partial charge in [0.25, 0.3) is 11.6 Å². The normalized spacial score (nSPS) is 10.2. The lowest BCUT2D eigenvalue weighted by molar-refractivity contribution is -0.384. The predicted molar refractivity (Wildman–Crippen MR) is 72.2 cm³/mol. The Morgan fingerprint density at radius 3 is 2.65 bits per heavy atom. The second-order valence-electron chi connectivity index (χ2n) is 4.19. The molecule has 1 heterocycles. The van der Waals surface area contributed by atoms with Gasteiger partial charge in [-0.25, -0.2) is 0 Å². The highest BCUT2D eigenvalue weighted by atomic mass is 16.6. The van der Waals surface area contributed by atoms with Crippen LogP contribution in [0.25, 0.3) is 0 Å². The topological polar surface area (TPSA) is 90.1 Å². The predicted octanol–water partition coefficient (Wildman–Crippen LogP) is 1.74. The minimum atomic E-state index is -0.499. The fraction of sp³-hybridized carbons (Fsp3) is 0.231. The molecule has 7 nitrogen and oxygen atoms in total. The van der Waals surface area contributed by atoms with E-state index in [-0.39, 0.29) is 11.6 Å². The zero-order chi connectivity index (χ0) is 14.5. The highest BCUT2D eigenvalue weighted by molar-refractivity contribution is 5.94. The molecule has 20 heavy (non-hydrogen) atoms. The number of non-ortho nitro benzene ring substituents is 1. The van der Waals surface area contributed by atoms with E-state index in [2.05, 4.69) is 10.4 Å². The largest absolute Gasteiger partial charge is 0.348 e. The molecule has 1 amide bonds. The van der Waals surface area contributed by atoms with Crippen LogP contribution in [0.2, 0.25) is 0 Å². The van der Waals surface area contributed by atoms with Crippen LogP contribution in [0.3, 0.4) is 0 Å². The molecule has 7 heteroatoms. The van der Waals surface area contributed by atoms with Crippen LogP contribution in [0, 0.1) is 10.1 Å². The van der Waals surface area contributed by atoms with Gasteiger partial charge >= 0.3 is 0 Å². The first-order valence-corrected chi connectivity index (χ1v) is 6.14. The van der Waals surface area contributed by atoms with Crippen molar-refractivity contribution in [1.82, 2.24) is 15.1 Å². The summed E-state index contributed by atoms with van der Waals surface area (Å²) in [6.45, 7) is 3.12. The number of amides is 1. The summed E-state index contributed by atoms with van der Waals surface area (Å²) in [5, 5.41) is 17.4. The van der Waals surface area contributed by atoms with E-state index in [1.807, 2.05) is 13.1 Å². The first kappa shape index (κ1) is 13.7. The van der Waals surface area contributed by atoms with E-state index in [4.69, 9.17) is 0 Å². The molecule has 1 aromatic heterocycles.